The maximum absolute atomic E-state index is 13.4. The highest BCUT2D eigenvalue weighted by molar-refractivity contribution is 8.00. The van der Waals surface area contributed by atoms with E-state index in [1.165, 1.54) is 93.7 Å². The van der Waals surface area contributed by atoms with Crippen LogP contribution in [0.5, 0.6) is 0 Å². The van der Waals surface area contributed by atoms with Crippen LogP contribution in [0.15, 0.2) is 53.7 Å². The molecule has 45 heavy (non-hydrogen) atoms. The summed E-state index contributed by atoms with van der Waals surface area (Å²) >= 11 is 1.34. The third-order valence-corrected chi connectivity index (χ3v) is 10.3. The van der Waals surface area contributed by atoms with Gasteiger partial charge in [-0.05, 0) is 53.1 Å². The highest BCUT2D eigenvalue weighted by Gasteiger charge is 2.40. The summed E-state index contributed by atoms with van der Waals surface area (Å²) in [7, 11) is 0. The number of imide groups is 1. The number of anilines is 1. The number of rotatable bonds is 19. The van der Waals surface area contributed by atoms with Gasteiger partial charge in [0.1, 0.15) is 0 Å². The van der Waals surface area contributed by atoms with E-state index in [2.05, 4.69) is 22.4 Å². The number of benzene rings is 2. The first-order chi connectivity index (χ1) is 22.1. The van der Waals surface area contributed by atoms with Gasteiger partial charge in [0.05, 0.1) is 16.6 Å². The fourth-order valence-corrected chi connectivity index (χ4v) is 7.64. The van der Waals surface area contributed by atoms with Crippen LogP contribution < -0.4 is 4.90 Å². The molecule has 0 unspecified atom stereocenters. The second-order valence-electron chi connectivity index (χ2n) is 12.6. The van der Waals surface area contributed by atoms with E-state index in [9.17, 15) is 14.4 Å². The molecule has 2 aromatic carbocycles. The molecule has 0 saturated carbocycles. The van der Waals surface area contributed by atoms with Crippen LogP contribution in [-0.4, -0.2) is 43.1 Å². The minimum Gasteiger partial charge on any atom is -0.293 e. The second-order valence-corrected chi connectivity index (χ2v) is 13.7. The zero-order valence-corrected chi connectivity index (χ0v) is 27.5. The number of unbranched alkanes of at least 4 members (excludes halogenated alkanes) is 13. The SMILES string of the molecule is CCCCCCCCCCCCCCCC[C@H]1CC(=O)N(c2ccc3c(c2)C(=O)[C@H](Sc2nnnn2-c2ccccc2)C3)C1=O. The van der Waals surface area contributed by atoms with Crippen molar-refractivity contribution in [2.45, 2.75) is 126 Å². The van der Waals surface area contributed by atoms with Gasteiger partial charge in [-0.15, -0.1) is 5.10 Å². The summed E-state index contributed by atoms with van der Waals surface area (Å²) in [4.78, 5) is 41.0. The predicted molar refractivity (Wildman–Crippen MR) is 179 cm³/mol. The molecule has 1 fully saturated rings. The van der Waals surface area contributed by atoms with Crippen LogP contribution in [0.1, 0.15) is 126 Å². The number of thioether (sulfide) groups is 1. The molecule has 3 aromatic rings. The quantitative estimate of drug-likeness (QED) is 0.0971. The highest BCUT2D eigenvalue weighted by Crippen LogP contribution is 2.37. The minimum absolute atomic E-state index is 0.0301. The average molecular weight is 630 g/mol. The van der Waals surface area contributed by atoms with Gasteiger partial charge in [0.25, 0.3) is 0 Å². The van der Waals surface area contributed by atoms with Gasteiger partial charge in [-0.2, -0.15) is 4.68 Å². The lowest BCUT2D eigenvalue weighted by Gasteiger charge is -2.16. The van der Waals surface area contributed by atoms with E-state index in [1.54, 1.807) is 16.8 Å². The molecule has 9 heteroatoms. The Bertz CT molecular complexity index is 1430. The first-order valence-corrected chi connectivity index (χ1v) is 18.0. The predicted octanol–water partition coefficient (Wildman–Crippen LogP) is 8.31. The highest BCUT2D eigenvalue weighted by atomic mass is 32.2. The third kappa shape index (κ3) is 8.69. The first kappa shape index (κ1) is 33.0. The molecule has 0 N–H and O–H groups in total. The van der Waals surface area contributed by atoms with Crippen molar-refractivity contribution in [3.05, 3.63) is 59.7 Å². The number of fused-ring (bicyclic) bond motifs is 1. The number of nitrogens with zero attached hydrogens (tertiary/aromatic N) is 5. The molecule has 1 aliphatic carbocycles. The fourth-order valence-electron chi connectivity index (χ4n) is 6.56. The fraction of sp³-hybridized carbons (Fsp3) is 0.556. The number of hydrogen-bond donors (Lipinski definition) is 0. The maximum Gasteiger partial charge on any atom is 0.237 e. The Morgan fingerprint density at radius 1 is 0.756 bits per heavy atom. The van der Waals surface area contributed by atoms with Crippen LogP contribution in [0.3, 0.4) is 0 Å². The van der Waals surface area contributed by atoms with Crippen molar-refractivity contribution in [3.8, 4) is 5.69 Å². The lowest BCUT2D eigenvalue weighted by Crippen LogP contribution is -2.30. The Kier molecular flexibility index (Phi) is 12.4. The average Bonchev–Trinajstić information content (AvgIpc) is 3.73. The Morgan fingerprint density at radius 2 is 1.40 bits per heavy atom. The Balaban J connectivity index is 1.04. The Morgan fingerprint density at radius 3 is 2.07 bits per heavy atom. The molecule has 1 aromatic heterocycles. The third-order valence-electron chi connectivity index (χ3n) is 9.15. The summed E-state index contributed by atoms with van der Waals surface area (Å²) in [6, 6.07) is 15.0. The van der Waals surface area contributed by atoms with Gasteiger partial charge >= 0.3 is 0 Å². The van der Waals surface area contributed by atoms with Gasteiger partial charge in [-0.3, -0.25) is 19.3 Å². The summed E-state index contributed by atoms with van der Waals surface area (Å²) in [6.45, 7) is 2.27. The zero-order valence-electron chi connectivity index (χ0n) is 26.7. The van der Waals surface area contributed by atoms with Crippen LogP contribution in [0.2, 0.25) is 0 Å². The van der Waals surface area contributed by atoms with E-state index < -0.39 is 0 Å². The number of Topliss-reactive ketones (excluding diaryl/α,β-unsaturated/α-hetero) is 1. The minimum atomic E-state index is -0.373. The number of carbonyl (C=O) groups excluding carboxylic acids is 3. The normalized spacial score (nSPS) is 17.9. The van der Waals surface area contributed by atoms with Gasteiger partial charge in [-0.1, -0.05) is 133 Å². The van der Waals surface area contributed by atoms with Crippen molar-refractivity contribution < 1.29 is 14.4 Å². The topological polar surface area (TPSA) is 98.1 Å². The largest absolute Gasteiger partial charge is 0.293 e. The van der Waals surface area contributed by atoms with Gasteiger partial charge in [0.2, 0.25) is 17.0 Å². The molecule has 2 aliphatic rings. The molecule has 0 bridgehead atoms. The van der Waals surface area contributed by atoms with Crippen LogP contribution >= 0.6 is 11.8 Å². The number of tetrazole rings is 1. The summed E-state index contributed by atoms with van der Waals surface area (Å²) in [5.41, 5.74) is 2.81. The molecule has 1 aliphatic heterocycles. The molecule has 0 radical (unpaired) electrons. The van der Waals surface area contributed by atoms with Crippen molar-refractivity contribution in [2.24, 2.45) is 5.92 Å². The molecule has 8 nitrogen and oxygen atoms in total. The molecule has 1 saturated heterocycles. The van der Waals surface area contributed by atoms with Crippen LogP contribution in [0.4, 0.5) is 5.69 Å². The summed E-state index contributed by atoms with van der Waals surface area (Å²) in [6.07, 6.45) is 19.7. The molecule has 5 rings (SSSR count). The molecular formula is C36H47N5O3S. The number of para-hydroxylation sites is 1. The lowest BCUT2D eigenvalue weighted by atomic mass is 9.98. The van der Waals surface area contributed by atoms with E-state index in [0.29, 0.717) is 22.8 Å². The second kappa shape index (κ2) is 16.8. The van der Waals surface area contributed by atoms with Crippen molar-refractivity contribution in [3.63, 3.8) is 0 Å². The number of aromatic nitrogens is 4. The van der Waals surface area contributed by atoms with Crippen LogP contribution in [0.25, 0.3) is 5.69 Å². The molecule has 2 amide bonds. The summed E-state index contributed by atoms with van der Waals surface area (Å²) in [5, 5.41) is 12.2. The number of amides is 2. The molecule has 240 valence electrons. The van der Waals surface area contributed by atoms with Gasteiger partial charge in [0.15, 0.2) is 5.78 Å². The summed E-state index contributed by atoms with van der Waals surface area (Å²) in [5.74, 6) is -0.599. The van der Waals surface area contributed by atoms with Crippen LogP contribution in [0, 0.1) is 5.92 Å². The lowest BCUT2D eigenvalue weighted by molar-refractivity contribution is -0.122. The monoisotopic (exact) mass is 629 g/mol. The molecule has 0 spiro atoms. The molecule has 2 heterocycles. The van der Waals surface area contributed by atoms with Gasteiger partial charge < -0.3 is 0 Å². The van der Waals surface area contributed by atoms with Gasteiger partial charge in [0, 0.05) is 17.9 Å². The zero-order chi connectivity index (χ0) is 31.4. The number of ketones is 1. The van der Waals surface area contributed by atoms with Crippen molar-refractivity contribution in [1.29, 1.82) is 0 Å². The van der Waals surface area contributed by atoms with Crippen molar-refractivity contribution >= 4 is 35.0 Å². The first-order valence-electron chi connectivity index (χ1n) is 17.1. The smallest absolute Gasteiger partial charge is 0.237 e. The summed E-state index contributed by atoms with van der Waals surface area (Å²) < 4.78 is 1.63. The van der Waals surface area contributed by atoms with Crippen molar-refractivity contribution in [2.75, 3.05) is 4.90 Å². The van der Waals surface area contributed by atoms with E-state index >= 15 is 0 Å². The Hall–Kier alpha value is -3.33. The van der Waals surface area contributed by atoms with E-state index in [0.717, 1.165) is 30.5 Å². The standard InChI is InChI=1S/C36H47N5O3S/c1-2-3-4-5-6-7-8-9-10-11-12-13-14-16-19-28-25-33(42)40(35(28)44)30-23-22-27-24-32(34(43)31(27)26-30)45-36-37-38-39-41(36)29-20-17-15-18-21-29/h15,17-18,20-23,26,28,32H,2-14,16,19,24-25H2,1H3/t28-,32+/m0/s1. The van der Waals surface area contributed by atoms with Crippen LogP contribution in [-0.2, 0) is 16.0 Å². The Labute approximate surface area is 271 Å². The number of hydrogen-bond acceptors (Lipinski definition) is 7. The molecular weight excluding hydrogens is 582 g/mol. The van der Waals surface area contributed by atoms with E-state index in [1.807, 2.05) is 36.4 Å². The van der Waals surface area contributed by atoms with E-state index in [4.69, 9.17) is 0 Å². The number of carbonyl (C=O) groups is 3. The maximum atomic E-state index is 13.4. The van der Waals surface area contributed by atoms with Gasteiger partial charge in [-0.25, -0.2) is 0 Å². The van der Waals surface area contributed by atoms with E-state index in [-0.39, 0.29) is 35.2 Å². The van der Waals surface area contributed by atoms with Crippen molar-refractivity contribution in [1.82, 2.24) is 20.2 Å². The molecule has 2 atom stereocenters.